The van der Waals surface area contributed by atoms with Crippen LogP contribution in [-0.2, 0) is 4.79 Å². The highest BCUT2D eigenvalue weighted by Crippen LogP contribution is 2.35. The SMILES string of the molecule is Cc1ccccc1/C=C1\S/C(=N/c2nc(-c3ccccc3)cs2)N(C)C1=O. The van der Waals surface area contributed by atoms with Gasteiger partial charge in [0.15, 0.2) is 5.17 Å². The molecule has 0 N–H and O–H groups in total. The van der Waals surface area contributed by atoms with Crippen LogP contribution >= 0.6 is 23.1 Å². The summed E-state index contributed by atoms with van der Waals surface area (Å²) in [4.78, 5) is 24.0. The zero-order chi connectivity index (χ0) is 18.8. The van der Waals surface area contributed by atoms with Crippen LogP contribution < -0.4 is 0 Å². The lowest BCUT2D eigenvalue weighted by Crippen LogP contribution is -2.23. The number of aromatic nitrogens is 1. The zero-order valence-electron chi connectivity index (χ0n) is 14.9. The number of likely N-dealkylation sites (N-methyl/N-ethyl adjacent to an activating group) is 1. The minimum absolute atomic E-state index is 0.0400. The maximum atomic E-state index is 12.6. The molecule has 4 rings (SSSR count). The Kier molecular flexibility index (Phi) is 4.92. The Morgan fingerprint density at radius 3 is 2.59 bits per heavy atom. The fraction of sp³-hybridized carbons (Fsp3) is 0.0952. The van der Waals surface area contributed by atoms with Crippen molar-refractivity contribution in [1.82, 2.24) is 9.88 Å². The lowest BCUT2D eigenvalue weighted by Gasteiger charge is -2.05. The maximum Gasteiger partial charge on any atom is 0.266 e. The van der Waals surface area contributed by atoms with E-state index in [1.165, 1.54) is 23.1 Å². The summed E-state index contributed by atoms with van der Waals surface area (Å²) in [6.45, 7) is 2.04. The molecular formula is C21H17N3OS2. The van der Waals surface area contributed by atoms with Crippen LogP contribution in [0.2, 0.25) is 0 Å². The van der Waals surface area contributed by atoms with Gasteiger partial charge in [0.25, 0.3) is 5.91 Å². The molecule has 4 nitrogen and oxygen atoms in total. The molecule has 1 saturated heterocycles. The monoisotopic (exact) mass is 391 g/mol. The lowest BCUT2D eigenvalue weighted by molar-refractivity contribution is -0.121. The molecule has 0 aliphatic carbocycles. The molecule has 1 aliphatic rings. The summed E-state index contributed by atoms with van der Waals surface area (Å²) in [5.41, 5.74) is 4.14. The highest BCUT2D eigenvalue weighted by molar-refractivity contribution is 8.18. The van der Waals surface area contributed by atoms with Crippen molar-refractivity contribution in [2.24, 2.45) is 4.99 Å². The van der Waals surface area contributed by atoms with E-state index in [1.54, 1.807) is 11.9 Å². The van der Waals surface area contributed by atoms with Gasteiger partial charge in [-0.2, -0.15) is 4.99 Å². The molecule has 2 heterocycles. The molecule has 0 radical (unpaired) electrons. The van der Waals surface area contributed by atoms with Gasteiger partial charge in [-0.3, -0.25) is 9.69 Å². The van der Waals surface area contributed by atoms with Gasteiger partial charge in [0.1, 0.15) is 0 Å². The van der Waals surface area contributed by atoms with Crippen molar-refractivity contribution in [2.75, 3.05) is 7.05 Å². The van der Waals surface area contributed by atoms with Gasteiger partial charge in [-0.25, -0.2) is 4.98 Å². The average Bonchev–Trinajstić information content (AvgIpc) is 3.25. The van der Waals surface area contributed by atoms with Crippen LogP contribution in [0, 0.1) is 6.92 Å². The number of carbonyl (C=O) groups excluding carboxylic acids is 1. The van der Waals surface area contributed by atoms with Crippen LogP contribution in [0.1, 0.15) is 11.1 Å². The third-order valence-electron chi connectivity index (χ3n) is 4.23. The molecule has 1 amide bonds. The lowest BCUT2D eigenvalue weighted by atomic mass is 10.1. The number of hydrogen-bond acceptors (Lipinski definition) is 5. The van der Waals surface area contributed by atoms with Crippen LogP contribution in [0.5, 0.6) is 0 Å². The van der Waals surface area contributed by atoms with E-state index in [4.69, 9.17) is 0 Å². The predicted molar refractivity (Wildman–Crippen MR) is 114 cm³/mol. The van der Waals surface area contributed by atoms with Crippen LogP contribution in [0.4, 0.5) is 5.13 Å². The van der Waals surface area contributed by atoms with E-state index in [-0.39, 0.29) is 5.91 Å². The third kappa shape index (κ3) is 3.72. The Morgan fingerprint density at radius 2 is 1.81 bits per heavy atom. The van der Waals surface area contributed by atoms with Crippen LogP contribution in [-0.4, -0.2) is 28.0 Å². The number of hydrogen-bond donors (Lipinski definition) is 0. The van der Waals surface area contributed by atoms with Gasteiger partial charge in [-0.05, 0) is 35.9 Å². The van der Waals surface area contributed by atoms with Crippen molar-refractivity contribution < 1.29 is 4.79 Å². The number of benzene rings is 2. The molecule has 27 heavy (non-hydrogen) atoms. The van der Waals surface area contributed by atoms with E-state index in [0.717, 1.165) is 22.4 Å². The summed E-state index contributed by atoms with van der Waals surface area (Å²) >= 11 is 2.86. The molecule has 0 saturated carbocycles. The number of aryl methyl sites for hydroxylation is 1. The molecule has 0 unspecified atom stereocenters. The van der Waals surface area contributed by atoms with Crippen LogP contribution in [0.15, 0.2) is 69.9 Å². The van der Waals surface area contributed by atoms with Crippen molar-refractivity contribution in [2.45, 2.75) is 6.92 Å². The standard InChI is InChI=1S/C21H17N3OS2/c1-14-8-6-7-11-16(14)12-18-19(25)24(2)21(27-18)23-20-22-17(13-26-20)15-9-4-3-5-10-15/h3-13H,1-2H3/b18-12-,23-21+. The smallest absolute Gasteiger partial charge is 0.266 e. The number of amides is 1. The highest BCUT2D eigenvalue weighted by atomic mass is 32.2. The molecule has 0 atom stereocenters. The number of carbonyl (C=O) groups is 1. The first-order chi connectivity index (χ1) is 13.1. The molecule has 0 bridgehead atoms. The van der Waals surface area contributed by atoms with Gasteiger partial charge >= 0.3 is 0 Å². The first-order valence-electron chi connectivity index (χ1n) is 8.45. The summed E-state index contributed by atoms with van der Waals surface area (Å²) in [6, 6.07) is 18.0. The minimum atomic E-state index is -0.0400. The number of amidine groups is 1. The fourth-order valence-electron chi connectivity index (χ4n) is 2.68. The number of thiazole rings is 1. The summed E-state index contributed by atoms with van der Waals surface area (Å²) in [6.07, 6.45) is 1.93. The van der Waals surface area contributed by atoms with Crippen molar-refractivity contribution >= 4 is 45.4 Å². The van der Waals surface area contributed by atoms with Gasteiger partial charge in [0.2, 0.25) is 5.13 Å². The Bertz CT molecular complexity index is 1050. The Hall–Kier alpha value is -2.70. The second-order valence-electron chi connectivity index (χ2n) is 6.11. The van der Waals surface area contributed by atoms with E-state index in [0.29, 0.717) is 15.2 Å². The first kappa shape index (κ1) is 17.7. The van der Waals surface area contributed by atoms with E-state index in [9.17, 15) is 4.79 Å². The second kappa shape index (κ2) is 7.50. The molecule has 1 aromatic heterocycles. The largest absolute Gasteiger partial charge is 0.289 e. The van der Waals surface area contributed by atoms with Gasteiger partial charge in [-0.1, -0.05) is 54.6 Å². The van der Waals surface area contributed by atoms with E-state index < -0.39 is 0 Å². The molecule has 1 fully saturated rings. The summed E-state index contributed by atoms with van der Waals surface area (Å²) in [5.74, 6) is -0.0400. The van der Waals surface area contributed by atoms with Crippen LogP contribution in [0.3, 0.4) is 0 Å². The second-order valence-corrected chi connectivity index (χ2v) is 7.95. The van der Waals surface area contributed by atoms with E-state index >= 15 is 0 Å². The Labute approximate surface area is 166 Å². The molecule has 1 aliphatic heterocycles. The summed E-state index contributed by atoms with van der Waals surface area (Å²) in [7, 11) is 1.75. The number of nitrogens with zero attached hydrogens (tertiary/aromatic N) is 3. The van der Waals surface area contributed by atoms with Gasteiger partial charge < -0.3 is 0 Å². The molecule has 134 valence electrons. The van der Waals surface area contributed by atoms with Crippen molar-refractivity contribution in [1.29, 1.82) is 0 Å². The van der Waals surface area contributed by atoms with E-state index in [1.807, 2.05) is 73.0 Å². The number of rotatable bonds is 3. The molecule has 2 aromatic carbocycles. The highest BCUT2D eigenvalue weighted by Gasteiger charge is 2.30. The van der Waals surface area contributed by atoms with Crippen molar-refractivity contribution in [3.05, 3.63) is 76.0 Å². The summed E-state index contributed by atoms with van der Waals surface area (Å²) < 4.78 is 0. The van der Waals surface area contributed by atoms with Crippen LogP contribution in [0.25, 0.3) is 17.3 Å². The first-order valence-corrected chi connectivity index (χ1v) is 10.1. The van der Waals surface area contributed by atoms with Gasteiger partial charge in [0.05, 0.1) is 10.6 Å². The number of thioether (sulfide) groups is 1. The predicted octanol–water partition coefficient (Wildman–Crippen LogP) is 5.35. The topological polar surface area (TPSA) is 45.6 Å². The van der Waals surface area contributed by atoms with E-state index in [2.05, 4.69) is 9.98 Å². The maximum absolute atomic E-state index is 12.6. The molecule has 0 spiro atoms. The molecule has 6 heteroatoms. The van der Waals surface area contributed by atoms with Crippen molar-refractivity contribution in [3.63, 3.8) is 0 Å². The normalized spacial score (nSPS) is 17.3. The van der Waals surface area contributed by atoms with Crippen molar-refractivity contribution in [3.8, 4) is 11.3 Å². The zero-order valence-corrected chi connectivity index (χ0v) is 16.6. The number of aliphatic imine (C=N–C) groups is 1. The fourth-order valence-corrected chi connectivity index (χ4v) is 4.39. The third-order valence-corrected chi connectivity index (χ3v) is 6.03. The minimum Gasteiger partial charge on any atom is -0.289 e. The van der Waals surface area contributed by atoms with Gasteiger partial charge in [0, 0.05) is 18.0 Å². The molecular weight excluding hydrogens is 374 g/mol. The summed E-state index contributed by atoms with van der Waals surface area (Å²) in [5, 5.41) is 3.28. The Morgan fingerprint density at radius 1 is 1.07 bits per heavy atom. The van der Waals surface area contributed by atoms with Gasteiger partial charge in [-0.15, -0.1) is 11.3 Å². The average molecular weight is 392 g/mol. The Balaban J connectivity index is 1.61. The quantitative estimate of drug-likeness (QED) is 0.565. The molecule has 3 aromatic rings.